The molecule has 1 N–H and O–H groups in total. The fraction of sp³-hybridized carbons (Fsp3) is 0.333. The molecule has 0 atom stereocenters. The summed E-state index contributed by atoms with van der Waals surface area (Å²) in [4.78, 5) is 8.34. The van der Waals surface area contributed by atoms with Crippen LogP contribution in [-0.4, -0.2) is 29.7 Å². The van der Waals surface area contributed by atoms with Crippen LogP contribution in [0.1, 0.15) is 11.4 Å². The molecule has 5 nitrogen and oxygen atoms in total. The van der Waals surface area contributed by atoms with E-state index in [2.05, 4.69) is 27.4 Å². The second kappa shape index (κ2) is 6.34. The summed E-state index contributed by atoms with van der Waals surface area (Å²) in [5, 5.41) is 3.33. The van der Waals surface area contributed by atoms with E-state index in [1.54, 1.807) is 12.4 Å². The van der Waals surface area contributed by atoms with Gasteiger partial charge in [-0.3, -0.25) is 0 Å². The largest absolute Gasteiger partial charge is 0.486 e. The minimum Gasteiger partial charge on any atom is -0.486 e. The maximum Gasteiger partial charge on any atom is 0.161 e. The smallest absolute Gasteiger partial charge is 0.161 e. The number of benzene rings is 1. The number of nitrogens with one attached hydrogen (secondary N) is 1. The lowest BCUT2D eigenvalue weighted by atomic mass is 10.1. The highest BCUT2D eigenvalue weighted by Crippen LogP contribution is 2.30. The molecule has 0 fully saturated rings. The second-order valence-corrected chi connectivity index (χ2v) is 4.57. The lowest BCUT2D eigenvalue weighted by molar-refractivity contribution is 0.171. The van der Waals surface area contributed by atoms with Crippen LogP contribution in [0.15, 0.2) is 36.7 Å². The first-order valence-corrected chi connectivity index (χ1v) is 6.77. The third kappa shape index (κ3) is 3.24. The Kier molecular flexibility index (Phi) is 4.08. The van der Waals surface area contributed by atoms with Gasteiger partial charge in [0.15, 0.2) is 11.5 Å². The average Bonchev–Trinajstić information content (AvgIpc) is 2.52. The predicted octanol–water partition coefficient (Wildman–Crippen LogP) is 1.58. The predicted molar refractivity (Wildman–Crippen MR) is 74.9 cm³/mol. The van der Waals surface area contributed by atoms with Gasteiger partial charge in [0.2, 0.25) is 0 Å². The van der Waals surface area contributed by atoms with Crippen LogP contribution in [0.2, 0.25) is 0 Å². The van der Waals surface area contributed by atoms with Crippen molar-refractivity contribution in [3.8, 4) is 11.5 Å². The van der Waals surface area contributed by atoms with Gasteiger partial charge in [-0.2, -0.15) is 0 Å². The van der Waals surface area contributed by atoms with E-state index in [1.807, 2.05) is 12.1 Å². The summed E-state index contributed by atoms with van der Waals surface area (Å²) in [6.07, 6.45) is 4.44. The molecule has 1 aromatic carbocycles. The van der Waals surface area contributed by atoms with Gasteiger partial charge in [-0.15, -0.1) is 0 Å². The van der Waals surface area contributed by atoms with Gasteiger partial charge < -0.3 is 14.8 Å². The summed E-state index contributed by atoms with van der Waals surface area (Å²) in [6.45, 7) is 2.81. The minimum atomic E-state index is 0.625. The van der Waals surface area contributed by atoms with Crippen LogP contribution in [0.25, 0.3) is 0 Å². The maximum absolute atomic E-state index is 5.57. The van der Waals surface area contributed by atoms with Crippen LogP contribution >= 0.6 is 0 Å². The molecule has 2 heterocycles. The lowest BCUT2D eigenvalue weighted by Crippen LogP contribution is -2.19. The summed E-state index contributed by atoms with van der Waals surface area (Å²) in [5.41, 5.74) is 1.23. The molecule has 3 rings (SSSR count). The topological polar surface area (TPSA) is 56.3 Å². The zero-order valence-corrected chi connectivity index (χ0v) is 11.2. The normalized spacial score (nSPS) is 13.2. The van der Waals surface area contributed by atoms with Crippen LogP contribution < -0.4 is 14.8 Å². The van der Waals surface area contributed by atoms with E-state index in [0.717, 1.165) is 30.3 Å². The third-order valence-corrected chi connectivity index (χ3v) is 3.10. The van der Waals surface area contributed by atoms with Gasteiger partial charge >= 0.3 is 0 Å². The zero-order valence-electron chi connectivity index (χ0n) is 11.2. The number of fused-ring (bicyclic) bond motifs is 1. The molecule has 1 aromatic heterocycles. The van der Waals surface area contributed by atoms with E-state index >= 15 is 0 Å². The number of rotatable bonds is 5. The van der Waals surface area contributed by atoms with Crippen molar-refractivity contribution < 1.29 is 9.47 Å². The Bertz CT molecular complexity index is 560. The Labute approximate surface area is 118 Å². The summed E-state index contributed by atoms with van der Waals surface area (Å²) < 4.78 is 11.1. The van der Waals surface area contributed by atoms with Gasteiger partial charge in [-0.25, -0.2) is 9.97 Å². The van der Waals surface area contributed by atoms with Crippen molar-refractivity contribution in [1.29, 1.82) is 0 Å². The molecule has 0 amide bonds. The van der Waals surface area contributed by atoms with Crippen LogP contribution in [0.5, 0.6) is 11.5 Å². The fourth-order valence-corrected chi connectivity index (χ4v) is 2.10. The Hall–Kier alpha value is -2.14. The van der Waals surface area contributed by atoms with Crippen molar-refractivity contribution in [2.75, 3.05) is 19.8 Å². The highest BCUT2D eigenvalue weighted by molar-refractivity contribution is 5.43. The SMILES string of the molecule is c1cnc(CNCCc2ccc3c(c2)OCCO3)nc1. The third-order valence-electron chi connectivity index (χ3n) is 3.10. The number of ether oxygens (including phenoxy) is 2. The van der Waals surface area contributed by atoms with Crippen molar-refractivity contribution in [1.82, 2.24) is 15.3 Å². The zero-order chi connectivity index (χ0) is 13.6. The van der Waals surface area contributed by atoms with Crippen molar-refractivity contribution >= 4 is 0 Å². The van der Waals surface area contributed by atoms with Gasteiger partial charge in [0.05, 0.1) is 6.54 Å². The molecule has 0 aliphatic carbocycles. The molecular weight excluding hydrogens is 254 g/mol. The second-order valence-electron chi connectivity index (χ2n) is 4.57. The van der Waals surface area contributed by atoms with Gasteiger partial charge in [0, 0.05) is 12.4 Å². The molecule has 0 spiro atoms. The van der Waals surface area contributed by atoms with E-state index in [0.29, 0.717) is 19.8 Å². The van der Waals surface area contributed by atoms with E-state index in [1.165, 1.54) is 5.56 Å². The molecule has 5 heteroatoms. The van der Waals surface area contributed by atoms with E-state index < -0.39 is 0 Å². The van der Waals surface area contributed by atoms with Crippen molar-refractivity contribution in [2.24, 2.45) is 0 Å². The van der Waals surface area contributed by atoms with Crippen LogP contribution in [0, 0.1) is 0 Å². The minimum absolute atomic E-state index is 0.625. The molecule has 104 valence electrons. The lowest BCUT2D eigenvalue weighted by Gasteiger charge is -2.18. The van der Waals surface area contributed by atoms with Gasteiger partial charge in [-0.05, 0) is 36.7 Å². The number of aromatic nitrogens is 2. The number of hydrogen-bond acceptors (Lipinski definition) is 5. The maximum atomic E-state index is 5.57. The summed E-state index contributed by atoms with van der Waals surface area (Å²) in [5.74, 6) is 2.50. The molecular formula is C15H17N3O2. The standard InChI is InChI=1S/C15H17N3O2/c1-5-17-15(18-6-1)11-16-7-4-12-2-3-13-14(10-12)20-9-8-19-13/h1-3,5-6,10,16H,4,7-9,11H2. The molecule has 0 radical (unpaired) electrons. The molecule has 0 saturated carbocycles. The molecule has 0 bridgehead atoms. The molecule has 1 aliphatic rings. The van der Waals surface area contributed by atoms with Crippen LogP contribution in [0.4, 0.5) is 0 Å². The Morgan fingerprint density at radius 1 is 1.05 bits per heavy atom. The Morgan fingerprint density at radius 3 is 2.70 bits per heavy atom. The van der Waals surface area contributed by atoms with Gasteiger partial charge in [0.1, 0.15) is 19.0 Å². The summed E-state index contributed by atoms with van der Waals surface area (Å²) in [7, 11) is 0. The van der Waals surface area contributed by atoms with Crippen molar-refractivity contribution in [3.63, 3.8) is 0 Å². The number of hydrogen-bond donors (Lipinski definition) is 1. The molecule has 2 aromatic rings. The first kappa shape index (κ1) is 12.9. The Balaban J connectivity index is 1.49. The first-order valence-electron chi connectivity index (χ1n) is 6.77. The van der Waals surface area contributed by atoms with Crippen molar-refractivity contribution in [2.45, 2.75) is 13.0 Å². The molecule has 1 aliphatic heterocycles. The Morgan fingerprint density at radius 2 is 1.85 bits per heavy atom. The molecule has 20 heavy (non-hydrogen) atoms. The summed E-state index contributed by atoms with van der Waals surface area (Å²) >= 11 is 0. The van der Waals surface area contributed by atoms with Gasteiger partial charge in [-0.1, -0.05) is 6.07 Å². The first-order chi connectivity index (χ1) is 9.92. The fourth-order valence-electron chi connectivity index (χ4n) is 2.10. The van der Waals surface area contributed by atoms with Crippen LogP contribution in [-0.2, 0) is 13.0 Å². The highest BCUT2D eigenvalue weighted by Gasteiger charge is 2.11. The summed E-state index contributed by atoms with van der Waals surface area (Å²) in [6, 6.07) is 7.92. The number of nitrogens with zero attached hydrogens (tertiary/aromatic N) is 2. The van der Waals surface area contributed by atoms with E-state index in [-0.39, 0.29) is 0 Å². The van der Waals surface area contributed by atoms with E-state index in [9.17, 15) is 0 Å². The molecule has 0 unspecified atom stereocenters. The highest BCUT2D eigenvalue weighted by atomic mass is 16.6. The van der Waals surface area contributed by atoms with Gasteiger partial charge in [0.25, 0.3) is 0 Å². The monoisotopic (exact) mass is 271 g/mol. The van der Waals surface area contributed by atoms with Crippen molar-refractivity contribution in [3.05, 3.63) is 48.0 Å². The molecule has 0 saturated heterocycles. The average molecular weight is 271 g/mol. The van der Waals surface area contributed by atoms with E-state index in [4.69, 9.17) is 9.47 Å². The quantitative estimate of drug-likeness (QED) is 0.837. The van der Waals surface area contributed by atoms with Crippen LogP contribution in [0.3, 0.4) is 0 Å².